The molecule has 0 atom stereocenters. The van der Waals surface area contributed by atoms with E-state index >= 15 is 0 Å². The number of carbonyl (C=O) groups is 1. The van der Waals surface area contributed by atoms with Crippen molar-refractivity contribution >= 4 is 5.91 Å². The van der Waals surface area contributed by atoms with Gasteiger partial charge in [0, 0.05) is 13.1 Å². The number of halogens is 1. The van der Waals surface area contributed by atoms with Gasteiger partial charge in [0.15, 0.2) is 0 Å². The number of benzene rings is 1. The second kappa shape index (κ2) is 7.43. The number of carbonyl (C=O) groups excluding carboxylic acids is 1. The van der Waals surface area contributed by atoms with Crippen molar-refractivity contribution in [3.8, 4) is 5.75 Å². The summed E-state index contributed by atoms with van der Waals surface area (Å²) in [7, 11) is 1.89. The normalized spacial score (nSPS) is 21.9. The van der Waals surface area contributed by atoms with Crippen molar-refractivity contribution in [2.75, 3.05) is 13.7 Å². The van der Waals surface area contributed by atoms with E-state index in [1.165, 1.54) is 25.0 Å². The molecule has 0 saturated heterocycles. The number of ether oxygens (including phenoxy) is 1. The van der Waals surface area contributed by atoms with Crippen LogP contribution in [0.3, 0.4) is 0 Å². The average Bonchev–Trinajstić information content (AvgIpc) is 2.49. The first-order valence-corrected chi connectivity index (χ1v) is 7.70. The quantitative estimate of drug-likeness (QED) is 0.829. The fourth-order valence-corrected chi connectivity index (χ4v) is 2.80. The third-order valence-electron chi connectivity index (χ3n) is 4.32. The van der Waals surface area contributed by atoms with Gasteiger partial charge in [-0.25, -0.2) is 4.39 Å². The third kappa shape index (κ3) is 4.73. The summed E-state index contributed by atoms with van der Waals surface area (Å²) in [5.41, 5.74) is 0. The highest BCUT2D eigenvalue weighted by Crippen LogP contribution is 2.26. The van der Waals surface area contributed by atoms with Crippen LogP contribution >= 0.6 is 0 Å². The van der Waals surface area contributed by atoms with Crippen molar-refractivity contribution in [1.29, 1.82) is 0 Å². The molecule has 0 spiro atoms. The zero-order valence-corrected chi connectivity index (χ0v) is 12.8. The van der Waals surface area contributed by atoms with Crippen LogP contribution in [-0.2, 0) is 4.79 Å². The third-order valence-corrected chi connectivity index (χ3v) is 4.32. The van der Waals surface area contributed by atoms with Gasteiger partial charge in [0.05, 0.1) is 13.0 Å². The Labute approximate surface area is 126 Å². The van der Waals surface area contributed by atoms with Crippen molar-refractivity contribution in [3.05, 3.63) is 30.1 Å². The maximum Gasteiger partial charge on any atom is 0.225 e. The van der Waals surface area contributed by atoms with Gasteiger partial charge in [-0.15, -0.1) is 0 Å². The van der Waals surface area contributed by atoms with E-state index in [-0.39, 0.29) is 11.7 Å². The molecule has 2 rings (SSSR count). The lowest BCUT2D eigenvalue weighted by atomic mass is 9.86. The summed E-state index contributed by atoms with van der Waals surface area (Å²) >= 11 is 0. The second-order valence-electron chi connectivity index (χ2n) is 5.97. The zero-order valence-electron chi connectivity index (χ0n) is 12.8. The van der Waals surface area contributed by atoms with Gasteiger partial charge in [-0.05, 0) is 55.9 Å². The van der Waals surface area contributed by atoms with Crippen molar-refractivity contribution in [1.82, 2.24) is 4.90 Å². The second-order valence-corrected chi connectivity index (χ2v) is 5.97. The molecule has 0 aromatic heterocycles. The van der Waals surface area contributed by atoms with Crippen molar-refractivity contribution in [2.24, 2.45) is 5.92 Å². The zero-order chi connectivity index (χ0) is 15.2. The molecule has 1 amide bonds. The molecule has 0 N–H and O–H groups in total. The molecule has 4 heteroatoms. The van der Waals surface area contributed by atoms with Gasteiger partial charge >= 0.3 is 0 Å². The molecule has 116 valence electrons. The smallest absolute Gasteiger partial charge is 0.225 e. The first-order chi connectivity index (χ1) is 10.1. The van der Waals surface area contributed by atoms with E-state index in [4.69, 9.17) is 4.74 Å². The first kappa shape index (κ1) is 15.8. The van der Waals surface area contributed by atoms with E-state index in [9.17, 15) is 9.18 Å². The summed E-state index contributed by atoms with van der Waals surface area (Å²) in [5.74, 6) is 1.21. The Morgan fingerprint density at radius 1 is 1.24 bits per heavy atom. The van der Waals surface area contributed by atoms with E-state index in [0.717, 1.165) is 18.8 Å². The maximum atomic E-state index is 12.8. The molecule has 1 saturated carbocycles. The molecule has 0 radical (unpaired) electrons. The molecule has 0 unspecified atom stereocenters. The number of amides is 1. The van der Waals surface area contributed by atoms with Crippen LogP contribution in [0, 0.1) is 11.7 Å². The van der Waals surface area contributed by atoms with Gasteiger partial charge in [0.2, 0.25) is 5.91 Å². The van der Waals surface area contributed by atoms with Crippen molar-refractivity contribution < 1.29 is 13.9 Å². The predicted octanol–water partition coefficient (Wildman–Crippen LogP) is 3.63. The molecular formula is C17H24FNO2. The SMILES string of the molecule is CC1CCC(N(C)C(=O)CCOc2ccc(F)cc2)CC1. The topological polar surface area (TPSA) is 29.5 Å². The van der Waals surface area contributed by atoms with Crippen LogP contribution in [0.2, 0.25) is 0 Å². The fraction of sp³-hybridized carbons (Fsp3) is 0.588. The predicted molar refractivity (Wildman–Crippen MR) is 80.7 cm³/mol. The molecule has 0 aliphatic heterocycles. The summed E-state index contributed by atoms with van der Waals surface area (Å²) in [6.45, 7) is 2.60. The van der Waals surface area contributed by atoms with Crippen molar-refractivity contribution in [2.45, 2.75) is 45.1 Å². The standard InChI is InChI=1S/C17H24FNO2/c1-13-3-7-15(8-4-13)19(2)17(20)11-12-21-16-9-5-14(18)6-10-16/h5-6,9-10,13,15H,3-4,7-8,11-12H2,1-2H3. The van der Waals surface area contributed by atoms with Gasteiger partial charge in [-0.3, -0.25) is 4.79 Å². The minimum absolute atomic E-state index is 0.122. The Bertz CT molecular complexity index is 452. The summed E-state index contributed by atoms with van der Waals surface area (Å²) in [6.07, 6.45) is 4.97. The molecular weight excluding hydrogens is 269 g/mol. The van der Waals surface area contributed by atoms with Crippen LogP contribution in [0.5, 0.6) is 5.75 Å². The Morgan fingerprint density at radius 2 is 1.86 bits per heavy atom. The summed E-state index contributed by atoms with van der Waals surface area (Å²) in [5, 5.41) is 0. The molecule has 0 bridgehead atoms. The van der Waals surface area contributed by atoms with Gasteiger partial charge < -0.3 is 9.64 Å². The lowest BCUT2D eigenvalue weighted by molar-refractivity contribution is -0.133. The number of hydrogen-bond acceptors (Lipinski definition) is 2. The van der Waals surface area contributed by atoms with E-state index in [1.54, 1.807) is 12.1 Å². The highest BCUT2D eigenvalue weighted by Gasteiger charge is 2.24. The van der Waals surface area contributed by atoms with E-state index in [2.05, 4.69) is 6.92 Å². The van der Waals surface area contributed by atoms with E-state index in [1.807, 2.05) is 11.9 Å². The molecule has 21 heavy (non-hydrogen) atoms. The lowest BCUT2D eigenvalue weighted by Crippen LogP contribution is -2.39. The largest absolute Gasteiger partial charge is 0.493 e. The average molecular weight is 293 g/mol. The molecule has 1 aliphatic rings. The Hall–Kier alpha value is -1.58. The van der Waals surface area contributed by atoms with Crippen LogP contribution in [0.15, 0.2) is 24.3 Å². The monoisotopic (exact) mass is 293 g/mol. The molecule has 1 aromatic rings. The van der Waals surface area contributed by atoms with E-state index < -0.39 is 0 Å². The molecule has 3 nitrogen and oxygen atoms in total. The van der Waals surface area contributed by atoms with Crippen LogP contribution in [-0.4, -0.2) is 30.5 Å². The maximum absolute atomic E-state index is 12.8. The fourth-order valence-electron chi connectivity index (χ4n) is 2.80. The first-order valence-electron chi connectivity index (χ1n) is 7.70. The van der Waals surface area contributed by atoms with E-state index in [0.29, 0.717) is 24.8 Å². The molecule has 1 fully saturated rings. The number of rotatable bonds is 5. The highest BCUT2D eigenvalue weighted by molar-refractivity contribution is 5.76. The minimum Gasteiger partial charge on any atom is -0.493 e. The Morgan fingerprint density at radius 3 is 2.48 bits per heavy atom. The van der Waals surface area contributed by atoms with Gasteiger partial charge in [0.25, 0.3) is 0 Å². The molecule has 1 aromatic carbocycles. The molecule has 1 aliphatic carbocycles. The van der Waals surface area contributed by atoms with Crippen LogP contribution < -0.4 is 4.74 Å². The summed E-state index contributed by atoms with van der Waals surface area (Å²) in [4.78, 5) is 14.0. The number of nitrogens with zero attached hydrogens (tertiary/aromatic N) is 1. The van der Waals surface area contributed by atoms with Crippen LogP contribution in [0.1, 0.15) is 39.0 Å². The van der Waals surface area contributed by atoms with Gasteiger partial charge in [-0.2, -0.15) is 0 Å². The molecule has 0 heterocycles. The highest BCUT2D eigenvalue weighted by atomic mass is 19.1. The lowest BCUT2D eigenvalue weighted by Gasteiger charge is -2.33. The number of hydrogen-bond donors (Lipinski definition) is 0. The summed E-state index contributed by atoms with van der Waals surface area (Å²) < 4.78 is 18.2. The van der Waals surface area contributed by atoms with Crippen LogP contribution in [0.25, 0.3) is 0 Å². The Kier molecular flexibility index (Phi) is 5.59. The van der Waals surface area contributed by atoms with Gasteiger partial charge in [-0.1, -0.05) is 6.92 Å². The minimum atomic E-state index is -0.287. The van der Waals surface area contributed by atoms with Crippen molar-refractivity contribution in [3.63, 3.8) is 0 Å². The Balaban J connectivity index is 1.72. The van der Waals surface area contributed by atoms with Gasteiger partial charge in [0.1, 0.15) is 11.6 Å². The van der Waals surface area contributed by atoms with Crippen LogP contribution in [0.4, 0.5) is 4.39 Å². The summed E-state index contributed by atoms with van der Waals surface area (Å²) in [6, 6.07) is 6.23.